The molecule has 94 valence electrons. The van der Waals surface area contributed by atoms with E-state index in [1.807, 2.05) is 7.05 Å². The fourth-order valence-electron chi connectivity index (χ4n) is 2.42. The van der Waals surface area contributed by atoms with Crippen LogP contribution in [0.15, 0.2) is 0 Å². The van der Waals surface area contributed by atoms with Gasteiger partial charge in [0.2, 0.25) is 0 Å². The summed E-state index contributed by atoms with van der Waals surface area (Å²) in [6.45, 7) is 5.32. The highest BCUT2D eigenvalue weighted by Gasteiger charge is 2.23. The molecular weight excluding hydrogens is 210 g/mol. The average molecular weight is 233 g/mol. The zero-order chi connectivity index (χ0) is 12.3. The lowest BCUT2D eigenvalue weighted by Gasteiger charge is -2.25. The Bertz CT molecular complexity index is 360. The molecule has 1 aromatic heterocycles. The van der Waals surface area contributed by atoms with Crippen LogP contribution in [0.2, 0.25) is 0 Å². The lowest BCUT2D eigenvalue weighted by Crippen LogP contribution is -2.16. The normalized spacial score (nSPS) is 15.9. The van der Waals surface area contributed by atoms with Crippen LogP contribution in [0.25, 0.3) is 0 Å². The molecule has 0 radical (unpaired) electrons. The highest BCUT2D eigenvalue weighted by Crippen LogP contribution is 2.34. The van der Waals surface area contributed by atoms with Crippen LogP contribution in [0.4, 0.5) is 0 Å². The van der Waals surface area contributed by atoms with E-state index in [1.165, 1.54) is 36.2 Å². The molecule has 0 amide bonds. The van der Waals surface area contributed by atoms with E-state index in [1.54, 1.807) is 0 Å². The van der Waals surface area contributed by atoms with Crippen molar-refractivity contribution in [2.45, 2.75) is 51.9 Å². The molecule has 1 aliphatic carbocycles. The number of nitrogens with zero attached hydrogens (tertiary/aromatic N) is 2. The fraction of sp³-hybridized carbons (Fsp3) is 0.714. The molecule has 0 aliphatic heterocycles. The van der Waals surface area contributed by atoms with Gasteiger partial charge in [-0.25, -0.2) is 9.97 Å². The van der Waals surface area contributed by atoms with E-state index in [0.717, 1.165) is 25.2 Å². The minimum absolute atomic E-state index is 0.638. The van der Waals surface area contributed by atoms with Crippen molar-refractivity contribution in [3.8, 4) is 0 Å². The first kappa shape index (κ1) is 12.5. The van der Waals surface area contributed by atoms with Gasteiger partial charge < -0.3 is 5.32 Å². The highest BCUT2D eigenvalue weighted by atomic mass is 14.9. The van der Waals surface area contributed by atoms with Crippen LogP contribution in [0.1, 0.15) is 54.4 Å². The topological polar surface area (TPSA) is 37.8 Å². The van der Waals surface area contributed by atoms with E-state index in [2.05, 4.69) is 19.2 Å². The van der Waals surface area contributed by atoms with Gasteiger partial charge >= 0.3 is 0 Å². The summed E-state index contributed by atoms with van der Waals surface area (Å²) in [4.78, 5) is 9.41. The van der Waals surface area contributed by atoms with Gasteiger partial charge in [-0.1, -0.05) is 6.42 Å². The van der Waals surface area contributed by atoms with Crippen LogP contribution in [-0.2, 0) is 6.42 Å². The number of nitrogens with one attached hydrogen (secondary N) is 1. The second-order valence-corrected chi connectivity index (χ2v) is 5.07. The molecule has 2 rings (SSSR count). The molecule has 1 aromatic rings. The third kappa shape index (κ3) is 2.83. The van der Waals surface area contributed by atoms with Crippen molar-refractivity contribution in [3.63, 3.8) is 0 Å². The molecule has 1 N–H and O–H groups in total. The summed E-state index contributed by atoms with van der Waals surface area (Å²) in [6, 6.07) is 0. The van der Waals surface area contributed by atoms with Crippen molar-refractivity contribution in [2.24, 2.45) is 0 Å². The third-order valence-corrected chi connectivity index (χ3v) is 3.76. The Balaban J connectivity index is 2.11. The zero-order valence-corrected chi connectivity index (χ0v) is 11.2. The summed E-state index contributed by atoms with van der Waals surface area (Å²) in [5, 5.41) is 3.18. The van der Waals surface area contributed by atoms with Crippen molar-refractivity contribution < 1.29 is 0 Å². The molecule has 0 unspecified atom stereocenters. The number of rotatable bonds is 5. The van der Waals surface area contributed by atoms with Gasteiger partial charge in [0.15, 0.2) is 0 Å². The van der Waals surface area contributed by atoms with Gasteiger partial charge in [0, 0.05) is 17.3 Å². The molecule has 1 heterocycles. The second-order valence-electron chi connectivity index (χ2n) is 5.07. The Morgan fingerprint density at radius 3 is 2.29 bits per heavy atom. The van der Waals surface area contributed by atoms with Gasteiger partial charge in [-0.2, -0.15) is 0 Å². The summed E-state index contributed by atoms with van der Waals surface area (Å²) < 4.78 is 0. The van der Waals surface area contributed by atoms with Gasteiger partial charge in [-0.15, -0.1) is 0 Å². The predicted octanol–water partition coefficient (Wildman–Crippen LogP) is 2.51. The summed E-state index contributed by atoms with van der Waals surface area (Å²) in [7, 11) is 2.00. The van der Waals surface area contributed by atoms with Crippen molar-refractivity contribution in [1.82, 2.24) is 15.3 Å². The van der Waals surface area contributed by atoms with E-state index >= 15 is 0 Å². The summed E-state index contributed by atoms with van der Waals surface area (Å²) >= 11 is 0. The molecule has 1 fully saturated rings. The van der Waals surface area contributed by atoms with Crippen LogP contribution >= 0.6 is 0 Å². The molecule has 0 aromatic carbocycles. The first-order chi connectivity index (χ1) is 8.22. The summed E-state index contributed by atoms with van der Waals surface area (Å²) in [5.74, 6) is 1.72. The lowest BCUT2D eigenvalue weighted by molar-refractivity contribution is 0.399. The van der Waals surface area contributed by atoms with Gasteiger partial charge in [0.05, 0.1) is 0 Å². The highest BCUT2D eigenvalue weighted by molar-refractivity contribution is 5.25. The van der Waals surface area contributed by atoms with E-state index < -0.39 is 0 Å². The largest absolute Gasteiger partial charge is 0.320 e. The molecule has 0 bridgehead atoms. The van der Waals surface area contributed by atoms with Gasteiger partial charge in [-0.05, 0) is 58.7 Å². The Morgan fingerprint density at radius 2 is 1.82 bits per heavy atom. The van der Waals surface area contributed by atoms with E-state index in [0.29, 0.717) is 5.92 Å². The zero-order valence-electron chi connectivity index (χ0n) is 11.2. The first-order valence-corrected chi connectivity index (χ1v) is 6.71. The van der Waals surface area contributed by atoms with Crippen LogP contribution in [0, 0.1) is 13.8 Å². The Kier molecular flexibility index (Phi) is 4.11. The molecule has 1 saturated carbocycles. The molecule has 1 aliphatic rings. The molecule has 17 heavy (non-hydrogen) atoms. The van der Waals surface area contributed by atoms with Gasteiger partial charge in [0.25, 0.3) is 0 Å². The van der Waals surface area contributed by atoms with E-state index in [9.17, 15) is 0 Å². The maximum atomic E-state index is 4.70. The molecule has 0 saturated heterocycles. The standard InChI is InChI=1S/C14H23N3/c1-10-13(8-5-9-15-3)11(2)17-14(16-10)12-6-4-7-12/h12,15H,4-9H2,1-3H3. The van der Waals surface area contributed by atoms with Crippen LogP contribution < -0.4 is 5.32 Å². The number of aryl methyl sites for hydroxylation is 2. The first-order valence-electron chi connectivity index (χ1n) is 6.71. The minimum atomic E-state index is 0.638. The van der Waals surface area contributed by atoms with Crippen molar-refractivity contribution in [2.75, 3.05) is 13.6 Å². The predicted molar refractivity (Wildman–Crippen MR) is 70.3 cm³/mol. The quantitative estimate of drug-likeness (QED) is 0.794. The van der Waals surface area contributed by atoms with Gasteiger partial charge in [0.1, 0.15) is 5.82 Å². The maximum Gasteiger partial charge on any atom is 0.131 e. The smallest absolute Gasteiger partial charge is 0.131 e. The van der Waals surface area contributed by atoms with Crippen LogP contribution in [0.5, 0.6) is 0 Å². The molecule has 3 nitrogen and oxygen atoms in total. The van der Waals surface area contributed by atoms with Gasteiger partial charge in [-0.3, -0.25) is 0 Å². The average Bonchev–Trinajstić information content (AvgIpc) is 2.19. The Hall–Kier alpha value is -0.960. The number of aromatic nitrogens is 2. The van der Waals surface area contributed by atoms with Crippen molar-refractivity contribution in [1.29, 1.82) is 0 Å². The van der Waals surface area contributed by atoms with Crippen molar-refractivity contribution in [3.05, 3.63) is 22.8 Å². The van der Waals surface area contributed by atoms with Crippen LogP contribution in [-0.4, -0.2) is 23.6 Å². The minimum Gasteiger partial charge on any atom is -0.320 e. The fourth-order valence-corrected chi connectivity index (χ4v) is 2.42. The van der Waals surface area contributed by atoms with E-state index in [-0.39, 0.29) is 0 Å². The molecule has 0 atom stereocenters. The van der Waals surface area contributed by atoms with Crippen molar-refractivity contribution >= 4 is 0 Å². The lowest BCUT2D eigenvalue weighted by atomic mass is 9.84. The molecular formula is C14H23N3. The Morgan fingerprint density at radius 1 is 1.18 bits per heavy atom. The number of hydrogen-bond donors (Lipinski definition) is 1. The number of hydrogen-bond acceptors (Lipinski definition) is 3. The monoisotopic (exact) mass is 233 g/mol. The van der Waals surface area contributed by atoms with E-state index in [4.69, 9.17) is 9.97 Å². The maximum absolute atomic E-state index is 4.70. The third-order valence-electron chi connectivity index (χ3n) is 3.76. The molecule has 0 spiro atoms. The second kappa shape index (κ2) is 5.58. The van der Waals surface area contributed by atoms with Crippen LogP contribution in [0.3, 0.4) is 0 Å². The summed E-state index contributed by atoms with van der Waals surface area (Å²) in [6.07, 6.45) is 6.14. The SMILES string of the molecule is CNCCCc1c(C)nc(C2CCC2)nc1C. The summed E-state index contributed by atoms with van der Waals surface area (Å²) in [5.41, 5.74) is 3.73. The Labute approximate surface area is 104 Å². The molecule has 3 heteroatoms.